The minimum absolute atomic E-state index is 0.404. The summed E-state index contributed by atoms with van der Waals surface area (Å²) in [6, 6.07) is 0.680. The van der Waals surface area contributed by atoms with Gasteiger partial charge in [-0.1, -0.05) is 0 Å². The average Bonchev–Trinajstić information content (AvgIpc) is 2.35. The van der Waals surface area contributed by atoms with E-state index in [1.165, 1.54) is 19.4 Å². The summed E-state index contributed by atoms with van der Waals surface area (Å²) in [5.74, 6) is -0.404. The zero-order valence-corrected chi connectivity index (χ0v) is 12.7. The number of unbranched alkanes of at least 4 members (excludes halogenated alkanes) is 1. The van der Waals surface area contributed by atoms with Gasteiger partial charge in [0.2, 0.25) is 5.91 Å². The summed E-state index contributed by atoms with van der Waals surface area (Å²) in [5, 5.41) is 0. The monoisotopic (exact) mass is 270 g/mol. The van der Waals surface area contributed by atoms with Crippen LogP contribution in [-0.4, -0.2) is 61.0 Å². The molecule has 1 saturated heterocycles. The van der Waals surface area contributed by atoms with Gasteiger partial charge < -0.3 is 21.3 Å². The molecule has 5 heteroatoms. The van der Waals surface area contributed by atoms with Crippen LogP contribution in [0.15, 0.2) is 0 Å². The fourth-order valence-electron chi connectivity index (χ4n) is 2.61. The van der Waals surface area contributed by atoms with Gasteiger partial charge in [-0.25, -0.2) is 0 Å². The first kappa shape index (κ1) is 16.4. The molecule has 0 bridgehead atoms. The van der Waals surface area contributed by atoms with Gasteiger partial charge in [-0.2, -0.15) is 0 Å². The molecule has 19 heavy (non-hydrogen) atoms. The maximum atomic E-state index is 11.1. The molecular formula is C14H30N4O. The zero-order chi connectivity index (χ0) is 14.5. The number of carbonyl (C=O) groups is 1. The number of rotatable bonds is 7. The number of hydrogen-bond acceptors (Lipinski definition) is 4. The predicted molar refractivity (Wildman–Crippen MR) is 78.8 cm³/mol. The molecule has 0 saturated carbocycles. The van der Waals surface area contributed by atoms with Gasteiger partial charge in [0, 0.05) is 12.6 Å². The largest absolute Gasteiger partial charge is 0.368 e. The number of nitrogens with two attached hydrogens (primary N) is 2. The summed E-state index contributed by atoms with van der Waals surface area (Å²) in [6.07, 6.45) is 5.29. The predicted octanol–water partition coefficient (Wildman–Crippen LogP) is 0.385. The Balaban J connectivity index is 2.21. The van der Waals surface area contributed by atoms with Crippen molar-refractivity contribution < 1.29 is 4.79 Å². The van der Waals surface area contributed by atoms with Gasteiger partial charge in [0.15, 0.2) is 0 Å². The number of primary amides is 1. The summed E-state index contributed by atoms with van der Waals surface area (Å²) < 4.78 is 0. The Morgan fingerprint density at radius 1 is 1.42 bits per heavy atom. The molecular weight excluding hydrogens is 240 g/mol. The molecule has 0 aromatic heterocycles. The van der Waals surface area contributed by atoms with Crippen LogP contribution in [0.1, 0.15) is 39.0 Å². The van der Waals surface area contributed by atoms with Gasteiger partial charge in [0.05, 0.1) is 5.54 Å². The van der Waals surface area contributed by atoms with Crippen LogP contribution in [0.25, 0.3) is 0 Å². The van der Waals surface area contributed by atoms with Crippen LogP contribution in [0.5, 0.6) is 0 Å². The molecule has 0 aromatic carbocycles. The molecule has 4 N–H and O–H groups in total. The Morgan fingerprint density at radius 3 is 2.68 bits per heavy atom. The zero-order valence-electron chi connectivity index (χ0n) is 12.7. The minimum Gasteiger partial charge on any atom is -0.368 e. The van der Waals surface area contributed by atoms with Crippen molar-refractivity contribution in [2.75, 3.05) is 33.7 Å². The molecule has 2 unspecified atom stereocenters. The van der Waals surface area contributed by atoms with Crippen molar-refractivity contribution in [3.63, 3.8) is 0 Å². The summed E-state index contributed by atoms with van der Waals surface area (Å²) in [4.78, 5) is 16.0. The molecule has 112 valence electrons. The molecule has 0 radical (unpaired) electrons. The van der Waals surface area contributed by atoms with Crippen LogP contribution in [-0.2, 0) is 4.79 Å². The standard InChI is InChI=1S/C14H30N4O/c1-14(16,13(15)19)8-4-5-9-18-10-6-7-12(11-18)17(2)3/h12H,4-11,16H2,1-3H3,(H2,15,19). The van der Waals surface area contributed by atoms with Crippen molar-refractivity contribution in [1.29, 1.82) is 0 Å². The highest BCUT2D eigenvalue weighted by Crippen LogP contribution is 2.15. The highest BCUT2D eigenvalue weighted by atomic mass is 16.1. The van der Waals surface area contributed by atoms with Crippen LogP contribution in [0.3, 0.4) is 0 Å². The maximum absolute atomic E-state index is 11.1. The third-order valence-electron chi connectivity index (χ3n) is 4.19. The first-order valence-corrected chi connectivity index (χ1v) is 7.30. The molecule has 1 fully saturated rings. The quantitative estimate of drug-likeness (QED) is 0.656. The van der Waals surface area contributed by atoms with E-state index < -0.39 is 11.4 Å². The lowest BCUT2D eigenvalue weighted by Gasteiger charge is -2.36. The Hall–Kier alpha value is -0.650. The number of hydrogen-bond donors (Lipinski definition) is 2. The third kappa shape index (κ3) is 5.47. The number of amides is 1. The van der Waals surface area contributed by atoms with Gasteiger partial charge in [-0.3, -0.25) is 4.79 Å². The van der Waals surface area contributed by atoms with Crippen molar-refractivity contribution in [3.05, 3.63) is 0 Å². The highest BCUT2D eigenvalue weighted by Gasteiger charge is 2.25. The second kappa shape index (κ2) is 7.22. The number of carbonyl (C=O) groups excluding carboxylic acids is 1. The van der Waals surface area contributed by atoms with Crippen molar-refractivity contribution in [2.24, 2.45) is 11.5 Å². The number of likely N-dealkylation sites (N-methyl/N-ethyl adjacent to an activating group) is 1. The van der Waals surface area contributed by atoms with Gasteiger partial charge >= 0.3 is 0 Å². The number of nitrogens with zero attached hydrogens (tertiary/aromatic N) is 2. The highest BCUT2D eigenvalue weighted by molar-refractivity contribution is 5.83. The summed E-state index contributed by atoms with van der Waals surface area (Å²) in [6.45, 7) is 5.17. The molecule has 2 atom stereocenters. The fourth-order valence-corrected chi connectivity index (χ4v) is 2.61. The Labute approximate surface area is 117 Å². The van der Waals surface area contributed by atoms with E-state index in [-0.39, 0.29) is 0 Å². The molecule has 1 aliphatic rings. The van der Waals surface area contributed by atoms with Crippen LogP contribution in [0.2, 0.25) is 0 Å². The lowest BCUT2D eigenvalue weighted by atomic mass is 9.95. The topological polar surface area (TPSA) is 75.6 Å². The average molecular weight is 270 g/mol. The SMILES string of the molecule is CN(C)C1CCCN(CCCCC(C)(N)C(N)=O)C1. The van der Waals surface area contributed by atoms with E-state index in [0.29, 0.717) is 12.5 Å². The van der Waals surface area contributed by atoms with Crippen molar-refractivity contribution in [1.82, 2.24) is 9.80 Å². The Bertz CT molecular complexity index is 291. The van der Waals surface area contributed by atoms with E-state index in [1.54, 1.807) is 6.92 Å². The summed E-state index contributed by atoms with van der Waals surface area (Å²) in [7, 11) is 4.31. The summed E-state index contributed by atoms with van der Waals surface area (Å²) in [5.41, 5.74) is 10.3. The third-order valence-corrected chi connectivity index (χ3v) is 4.19. The second-order valence-electron chi connectivity index (χ2n) is 6.30. The minimum atomic E-state index is -0.853. The van der Waals surface area contributed by atoms with Gasteiger partial charge in [0.1, 0.15) is 0 Å². The van der Waals surface area contributed by atoms with E-state index in [1.807, 2.05) is 0 Å². The molecule has 0 spiro atoms. The molecule has 1 rings (SSSR count). The van der Waals surface area contributed by atoms with E-state index in [4.69, 9.17) is 11.5 Å². The van der Waals surface area contributed by atoms with Gasteiger partial charge in [0.25, 0.3) is 0 Å². The molecule has 1 aliphatic heterocycles. The van der Waals surface area contributed by atoms with Crippen LogP contribution in [0.4, 0.5) is 0 Å². The van der Waals surface area contributed by atoms with E-state index in [2.05, 4.69) is 23.9 Å². The van der Waals surface area contributed by atoms with Crippen LogP contribution < -0.4 is 11.5 Å². The normalized spacial score (nSPS) is 24.4. The van der Waals surface area contributed by atoms with Crippen LogP contribution >= 0.6 is 0 Å². The lowest BCUT2D eigenvalue weighted by Crippen LogP contribution is -2.49. The fraction of sp³-hybridized carbons (Fsp3) is 0.929. The Kier molecular flexibility index (Phi) is 6.23. The van der Waals surface area contributed by atoms with Crippen molar-refractivity contribution in [3.8, 4) is 0 Å². The lowest BCUT2D eigenvalue weighted by molar-refractivity contribution is -0.122. The van der Waals surface area contributed by atoms with Crippen molar-refractivity contribution in [2.45, 2.75) is 50.6 Å². The van der Waals surface area contributed by atoms with Gasteiger partial charge in [-0.05, 0) is 66.2 Å². The van der Waals surface area contributed by atoms with E-state index >= 15 is 0 Å². The molecule has 0 aromatic rings. The first-order valence-electron chi connectivity index (χ1n) is 7.30. The Morgan fingerprint density at radius 2 is 2.11 bits per heavy atom. The molecule has 5 nitrogen and oxygen atoms in total. The number of piperidine rings is 1. The molecule has 0 aliphatic carbocycles. The first-order chi connectivity index (χ1) is 8.83. The number of likely N-dealkylation sites (tertiary alicyclic amines) is 1. The van der Waals surface area contributed by atoms with Crippen LogP contribution in [0, 0.1) is 0 Å². The van der Waals surface area contributed by atoms with Gasteiger partial charge in [-0.15, -0.1) is 0 Å². The summed E-state index contributed by atoms with van der Waals surface area (Å²) >= 11 is 0. The second-order valence-corrected chi connectivity index (χ2v) is 6.30. The van der Waals surface area contributed by atoms with Crippen molar-refractivity contribution >= 4 is 5.91 Å². The maximum Gasteiger partial charge on any atom is 0.237 e. The molecule has 1 amide bonds. The molecule has 1 heterocycles. The van der Waals surface area contributed by atoms with E-state index in [0.717, 1.165) is 25.9 Å². The van der Waals surface area contributed by atoms with E-state index in [9.17, 15) is 4.79 Å². The smallest absolute Gasteiger partial charge is 0.237 e.